The average Bonchev–Trinajstić information content (AvgIpc) is 3.21. The van der Waals surface area contributed by atoms with E-state index < -0.39 is 23.9 Å². The Bertz CT molecular complexity index is 850. The molecule has 0 radical (unpaired) electrons. The molecule has 1 aliphatic rings. The van der Waals surface area contributed by atoms with Crippen molar-refractivity contribution >= 4 is 35.5 Å². The fourth-order valence-corrected chi connectivity index (χ4v) is 3.01. The third kappa shape index (κ3) is 16.8. The summed E-state index contributed by atoms with van der Waals surface area (Å²) >= 11 is 6.10. The lowest BCUT2D eigenvalue weighted by atomic mass is 10.1. The van der Waals surface area contributed by atoms with E-state index in [1.165, 1.54) is 12.0 Å². The molecule has 1 aromatic carbocycles. The lowest BCUT2D eigenvalue weighted by Gasteiger charge is -2.20. The fourth-order valence-electron chi connectivity index (χ4n) is 2.82. The second-order valence-corrected chi connectivity index (χ2v) is 8.00. The van der Waals surface area contributed by atoms with Crippen molar-refractivity contribution in [3.63, 3.8) is 0 Å². The standard InChI is InChI=1S/C15H23ClN2O.2C4H4O4/c1-11(2)19-15-4-3-14(16)7-13(15)10-18-6-5-12(8-17)9-18;2*5-3(6)1-2-4(7)8/h3-4,7,11-12H,5-6,8-10,17H2,1-2H3;2*1-2H,(H,5,6)(H,7,8)/b;2*2-1+/t12-;;/m0../s1. The number of nitrogens with zero attached hydrogens (tertiary/aromatic N) is 1. The summed E-state index contributed by atoms with van der Waals surface area (Å²) in [7, 11) is 0. The number of nitrogens with two attached hydrogens (primary N) is 1. The van der Waals surface area contributed by atoms with Gasteiger partial charge in [-0.25, -0.2) is 19.2 Å². The van der Waals surface area contributed by atoms with Gasteiger partial charge in [-0.1, -0.05) is 11.6 Å². The highest BCUT2D eigenvalue weighted by atomic mass is 35.5. The summed E-state index contributed by atoms with van der Waals surface area (Å²) in [4.78, 5) is 40.6. The van der Waals surface area contributed by atoms with Crippen molar-refractivity contribution in [2.45, 2.75) is 32.9 Å². The number of benzene rings is 1. The molecule has 1 fully saturated rings. The van der Waals surface area contributed by atoms with Gasteiger partial charge in [0.25, 0.3) is 0 Å². The minimum absolute atomic E-state index is 0.176. The van der Waals surface area contributed by atoms with Crippen LogP contribution in [0.2, 0.25) is 5.02 Å². The highest BCUT2D eigenvalue weighted by Gasteiger charge is 2.22. The summed E-state index contributed by atoms with van der Waals surface area (Å²) in [6.45, 7) is 7.93. The van der Waals surface area contributed by atoms with Gasteiger partial charge in [-0.15, -0.1) is 0 Å². The lowest BCUT2D eigenvalue weighted by molar-refractivity contribution is -0.134. The van der Waals surface area contributed by atoms with E-state index in [0.717, 1.165) is 37.0 Å². The first kappa shape index (κ1) is 31.6. The molecule has 1 aliphatic heterocycles. The topological polar surface area (TPSA) is 188 Å². The molecule has 1 aromatic rings. The van der Waals surface area contributed by atoms with Crippen molar-refractivity contribution in [2.24, 2.45) is 11.7 Å². The minimum Gasteiger partial charge on any atom is -0.491 e. The Labute approximate surface area is 208 Å². The summed E-state index contributed by atoms with van der Waals surface area (Å²) in [6.07, 6.45) is 3.60. The third-order valence-corrected chi connectivity index (χ3v) is 4.45. The Kier molecular flexibility index (Phi) is 15.4. The third-order valence-electron chi connectivity index (χ3n) is 4.22. The van der Waals surface area contributed by atoms with E-state index >= 15 is 0 Å². The normalized spacial score (nSPS) is 15.3. The van der Waals surface area contributed by atoms with Crippen molar-refractivity contribution < 1.29 is 44.3 Å². The summed E-state index contributed by atoms with van der Waals surface area (Å²) in [6, 6.07) is 5.86. The number of likely N-dealkylation sites (tertiary alicyclic amines) is 1. The van der Waals surface area contributed by atoms with Gasteiger partial charge < -0.3 is 30.9 Å². The number of aliphatic carboxylic acids is 4. The zero-order chi connectivity index (χ0) is 27.0. The van der Waals surface area contributed by atoms with Crippen molar-refractivity contribution in [3.8, 4) is 5.75 Å². The molecule has 0 spiro atoms. The Morgan fingerprint density at radius 3 is 1.89 bits per heavy atom. The Balaban J connectivity index is 0.000000601. The summed E-state index contributed by atoms with van der Waals surface area (Å²) in [5, 5.41) is 32.0. The summed E-state index contributed by atoms with van der Waals surface area (Å²) < 4.78 is 5.85. The molecular weight excluding hydrogens is 484 g/mol. The largest absolute Gasteiger partial charge is 0.491 e. The molecule has 0 aromatic heterocycles. The van der Waals surface area contributed by atoms with Crippen LogP contribution in [0.3, 0.4) is 0 Å². The molecule has 0 aliphatic carbocycles. The molecule has 0 bridgehead atoms. The van der Waals surface area contributed by atoms with Crippen LogP contribution in [0.5, 0.6) is 5.75 Å². The molecule has 35 heavy (non-hydrogen) atoms. The number of carboxylic acid groups (broad SMARTS) is 4. The number of rotatable bonds is 9. The average molecular weight is 515 g/mol. The second kappa shape index (κ2) is 17.1. The van der Waals surface area contributed by atoms with E-state index in [2.05, 4.69) is 4.90 Å². The number of carboxylic acids is 4. The summed E-state index contributed by atoms with van der Waals surface area (Å²) in [5.41, 5.74) is 6.90. The van der Waals surface area contributed by atoms with Crippen LogP contribution in [0.25, 0.3) is 0 Å². The van der Waals surface area contributed by atoms with Crippen molar-refractivity contribution in [1.82, 2.24) is 4.90 Å². The maximum absolute atomic E-state index is 9.55. The monoisotopic (exact) mass is 514 g/mol. The molecular formula is C23H31ClN2O9. The maximum atomic E-state index is 9.55. The number of halogens is 1. The van der Waals surface area contributed by atoms with Crippen LogP contribution in [0.4, 0.5) is 0 Å². The molecule has 0 unspecified atom stereocenters. The van der Waals surface area contributed by atoms with Gasteiger partial charge in [0.05, 0.1) is 6.10 Å². The molecule has 11 nitrogen and oxygen atoms in total. The molecule has 1 saturated heterocycles. The zero-order valence-electron chi connectivity index (χ0n) is 19.5. The highest BCUT2D eigenvalue weighted by Crippen LogP contribution is 2.27. The predicted molar refractivity (Wildman–Crippen MR) is 128 cm³/mol. The van der Waals surface area contributed by atoms with Crippen LogP contribution >= 0.6 is 11.6 Å². The second-order valence-electron chi connectivity index (χ2n) is 7.56. The van der Waals surface area contributed by atoms with Gasteiger partial charge in [0.15, 0.2) is 0 Å². The van der Waals surface area contributed by atoms with Gasteiger partial charge in [-0.3, -0.25) is 4.90 Å². The maximum Gasteiger partial charge on any atom is 0.328 e. The molecule has 6 N–H and O–H groups in total. The smallest absolute Gasteiger partial charge is 0.328 e. The van der Waals surface area contributed by atoms with Gasteiger partial charge in [-0.05, 0) is 57.5 Å². The van der Waals surface area contributed by atoms with Gasteiger partial charge in [0, 0.05) is 48.0 Å². The highest BCUT2D eigenvalue weighted by molar-refractivity contribution is 6.30. The molecule has 1 atom stereocenters. The minimum atomic E-state index is -1.26. The molecule has 2 rings (SSSR count). The number of hydrogen-bond acceptors (Lipinski definition) is 7. The zero-order valence-corrected chi connectivity index (χ0v) is 20.2. The Hall–Kier alpha value is -3.41. The number of ether oxygens (including phenoxy) is 1. The van der Waals surface area contributed by atoms with Crippen LogP contribution in [0, 0.1) is 5.92 Å². The van der Waals surface area contributed by atoms with Crippen molar-refractivity contribution in [3.05, 3.63) is 53.1 Å². The molecule has 194 valence electrons. The first-order valence-electron chi connectivity index (χ1n) is 10.5. The van der Waals surface area contributed by atoms with Gasteiger partial charge >= 0.3 is 23.9 Å². The number of carbonyl (C=O) groups is 4. The van der Waals surface area contributed by atoms with Crippen LogP contribution < -0.4 is 10.5 Å². The van der Waals surface area contributed by atoms with E-state index in [1.54, 1.807) is 0 Å². The first-order valence-corrected chi connectivity index (χ1v) is 10.9. The van der Waals surface area contributed by atoms with Gasteiger partial charge in [-0.2, -0.15) is 0 Å². The van der Waals surface area contributed by atoms with Gasteiger partial charge in [0.2, 0.25) is 0 Å². The predicted octanol–water partition coefficient (Wildman–Crippen LogP) is 2.33. The lowest BCUT2D eigenvalue weighted by Crippen LogP contribution is -2.23. The SMILES string of the molecule is CC(C)Oc1ccc(Cl)cc1CN1CC[C@@H](CN)C1.O=C(O)/C=C/C(=O)O.O=C(O)/C=C/C(=O)O. The number of hydrogen-bond donors (Lipinski definition) is 5. The van der Waals surface area contributed by atoms with E-state index in [0.29, 0.717) is 30.2 Å². The van der Waals surface area contributed by atoms with E-state index in [4.69, 9.17) is 42.5 Å². The van der Waals surface area contributed by atoms with Crippen LogP contribution in [0.1, 0.15) is 25.8 Å². The Morgan fingerprint density at radius 1 is 1.03 bits per heavy atom. The molecule has 0 amide bonds. The van der Waals surface area contributed by atoms with Crippen LogP contribution in [0.15, 0.2) is 42.5 Å². The summed E-state index contributed by atoms with van der Waals surface area (Å²) in [5.74, 6) is -3.45. The van der Waals surface area contributed by atoms with E-state index in [1.807, 2.05) is 32.0 Å². The molecule has 12 heteroatoms. The quantitative estimate of drug-likeness (QED) is 0.304. The van der Waals surface area contributed by atoms with Crippen molar-refractivity contribution in [1.29, 1.82) is 0 Å². The van der Waals surface area contributed by atoms with Crippen LogP contribution in [-0.4, -0.2) is 74.9 Å². The Morgan fingerprint density at radius 2 is 1.51 bits per heavy atom. The molecule has 1 heterocycles. The van der Waals surface area contributed by atoms with Crippen LogP contribution in [-0.2, 0) is 25.7 Å². The first-order chi connectivity index (χ1) is 16.3. The molecule has 0 saturated carbocycles. The van der Waals surface area contributed by atoms with Gasteiger partial charge in [0.1, 0.15) is 5.75 Å². The van der Waals surface area contributed by atoms with E-state index in [-0.39, 0.29) is 6.10 Å². The fraction of sp³-hybridized carbons (Fsp3) is 0.391. The van der Waals surface area contributed by atoms with Crippen molar-refractivity contribution in [2.75, 3.05) is 19.6 Å². The van der Waals surface area contributed by atoms with E-state index in [9.17, 15) is 19.2 Å².